The van der Waals surface area contributed by atoms with Gasteiger partial charge in [-0.25, -0.2) is 9.97 Å². The Morgan fingerprint density at radius 1 is 1.30 bits per heavy atom. The maximum atomic E-state index is 5.55. The van der Waals surface area contributed by atoms with Crippen molar-refractivity contribution in [3.63, 3.8) is 0 Å². The fourth-order valence-corrected chi connectivity index (χ4v) is 2.71. The Morgan fingerprint density at radius 3 is 2.80 bits per heavy atom. The van der Waals surface area contributed by atoms with Crippen molar-refractivity contribution in [3.8, 4) is 0 Å². The fourth-order valence-electron chi connectivity index (χ4n) is 2.02. The van der Waals surface area contributed by atoms with E-state index in [1.807, 2.05) is 11.8 Å². The Kier molecular flexibility index (Phi) is 5.27. The number of nitrogens with zero attached hydrogens (tertiary/aromatic N) is 2. The molecule has 0 saturated heterocycles. The molecule has 0 saturated carbocycles. The van der Waals surface area contributed by atoms with E-state index in [1.54, 1.807) is 0 Å². The summed E-state index contributed by atoms with van der Waals surface area (Å²) in [6.45, 7) is 11.2. The van der Waals surface area contributed by atoms with Crippen LogP contribution in [0.4, 0.5) is 5.82 Å². The van der Waals surface area contributed by atoms with Gasteiger partial charge in [0.15, 0.2) is 0 Å². The molecule has 1 aliphatic rings. The van der Waals surface area contributed by atoms with Crippen molar-refractivity contribution in [1.29, 1.82) is 0 Å². The minimum absolute atomic E-state index is 0.236. The van der Waals surface area contributed by atoms with Crippen LogP contribution >= 0.6 is 11.8 Å². The highest BCUT2D eigenvalue weighted by Gasteiger charge is 2.19. The van der Waals surface area contributed by atoms with E-state index in [1.165, 1.54) is 0 Å². The summed E-state index contributed by atoms with van der Waals surface area (Å²) in [4.78, 5) is 9.44. The summed E-state index contributed by atoms with van der Waals surface area (Å²) < 4.78 is 5.78. The van der Waals surface area contributed by atoms with Crippen LogP contribution in [0.1, 0.15) is 51.2 Å². The van der Waals surface area contributed by atoms with Gasteiger partial charge in [-0.1, -0.05) is 27.7 Å². The molecule has 2 heterocycles. The molecule has 1 aromatic rings. The minimum atomic E-state index is 0.236. The van der Waals surface area contributed by atoms with Crippen LogP contribution in [-0.2, 0) is 23.5 Å². The molecule has 0 radical (unpaired) electrons. The lowest BCUT2D eigenvalue weighted by atomic mass is 10.1. The molecular weight excluding hydrogens is 270 g/mol. The molecule has 0 fully saturated rings. The number of anilines is 1. The summed E-state index contributed by atoms with van der Waals surface area (Å²) in [5.74, 6) is 2.77. The first kappa shape index (κ1) is 15.6. The zero-order valence-corrected chi connectivity index (χ0v) is 13.8. The zero-order chi connectivity index (χ0) is 14.6. The van der Waals surface area contributed by atoms with E-state index >= 15 is 0 Å². The number of aromatic nitrogens is 2. The van der Waals surface area contributed by atoms with E-state index < -0.39 is 0 Å². The van der Waals surface area contributed by atoms with Gasteiger partial charge in [-0.3, -0.25) is 0 Å². The third-order valence-electron chi connectivity index (χ3n) is 3.05. The topological polar surface area (TPSA) is 47.0 Å². The summed E-state index contributed by atoms with van der Waals surface area (Å²) in [5, 5.41) is 3.42. The van der Waals surface area contributed by atoms with Gasteiger partial charge < -0.3 is 10.1 Å². The van der Waals surface area contributed by atoms with Crippen LogP contribution in [0, 0.1) is 0 Å². The summed E-state index contributed by atoms with van der Waals surface area (Å²) in [5.41, 5.74) is 2.31. The number of nitrogens with one attached hydrogen (secondary N) is 1. The van der Waals surface area contributed by atoms with E-state index in [2.05, 4.69) is 33.0 Å². The Labute approximate surface area is 126 Å². The highest BCUT2D eigenvalue weighted by Crippen LogP contribution is 2.28. The van der Waals surface area contributed by atoms with Crippen molar-refractivity contribution in [2.45, 2.75) is 57.6 Å². The van der Waals surface area contributed by atoms with Crippen molar-refractivity contribution in [1.82, 2.24) is 9.97 Å². The lowest BCUT2D eigenvalue weighted by Gasteiger charge is -2.21. The summed E-state index contributed by atoms with van der Waals surface area (Å²) in [6.07, 6.45) is 1.98. The van der Waals surface area contributed by atoms with Crippen LogP contribution < -0.4 is 5.32 Å². The van der Waals surface area contributed by atoms with Gasteiger partial charge >= 0.3 is 0 Å². The van der Waals surface area contributed by atoms with Crippen molar-refractivity contribution in [2.24, 2.45) is 0 Å². The molecule has 0 aromatic carbocycles. The number of ether oxygens (including phenoxy) is 1. The molecule has 4 nitrogen and oxygen atoms in total. The summed E-state index contributed by atoms with van der Waals surface area (Å²) in [6, 6.07) is 0. The van der Waals surface area contributed by atoms with Crippen molar-refractivity contribution in [3.05, 3.63) is 17.1 Å². The molecule has 2 rings (SSSR count). The molecule has 1 aromatic heterocycles. The Balaban J connectivity index is 2.20. The molecule has 5 heteroatoms. The molecule has 0 aliphatic carbocycles. The standard InChI is InChI=1S/C15H25N3OS/c1-5-7-16-14-11-9-19-8-6-12(11)17-13(18-14)10-20-15(2,3)4/h5-10H2,1-4H3,(H,16,17,18). The molecule has 1 aliphatic heterocycles. The van der Waals surface area contributed by atoms with Gasteiger partial charge in [0, 0.05) is 23.3 Å². The molecule has 0 amide bonds. The zero-order valence-electron chi connectivity index (χ0n) is 13.0. The van der Waals surface area contributed by atoms with Gasteiger partial charge in [-0.15, -0.1) is 11.8 Å². The van der Waals surface area contributed by atoms with Crippen molar-refractivity contribution < 1.29 is 4.74 Å². The number of fused-ring (bicyclic) bond motifs is 1. The first-order valence-electron chi connectivity index (χ1n) is 7.34. The maximum absolute atomic E-state index is 5.55. The summed E-state index contributed by atoms with van der Waals surface area (Å²) >= 11 is 1.89. The number of rotatable bonds is 5. The van der Waals surface area contributed by atoms with Gasteiger partial charge in [0.25, 0.3) is 0 Å². The van der Waals surface area contributed by atoms with E-state index in [-0.39, 0.29) is 4.75 Å². The molecule has 0 spiro atoms. The third kappa shape index (κ3) is 4.35. The average molecular weight is 295 g/mol. The van der Waals surface area contributed by atoms with Gasteiger partial charge in [0.1, 0.15) is 11.6 Å². The lowest BCUT2D eigenvalue weighted by Crippen LogP contribution is -2.18. The Bertz CT molecular complexity index is 457. The Hall–Kier alpha value is -0.810. The lowest BCUT2D eigenvalue weighted by molar-refractivity contribution is 0.109. The second kappa shape index (κ2) is 6.76. The molecular formula is C15H25N3OS. The molecule has 0 unspecified atom stereocenters. The molecule has 1 N–H and O–H groups in total. The van der Waals surface area contributed by atoms with E-state index in [9.17, 15) is 0 Å². The molecule has 0 bridgehead atoms. The van der Waals surface area contributed by atoms with E-state index in [0.717, 1.165) is 54.6 Å². The third-order valence-corrected chi connectivity index (χ3v) is 4.31. The second-order valence-electron chi connectivity index (χ2n) is 6.04. The van der Waals surface area contributed by atoms with Crippen LogP contribution in [0.3, 0.4) is 0 Å². The minimum Gasteiger partial charge on any atom is -0.376 e. The maximum Gasteiger partial charge on any atom is 0.140 e. The van der Waals surface area contributed by atoms with Crippen LogP contribution in [0.2, 0.25) is 0 Å². The first-order valence-corrected chi connectivity index (χ1v) is 8.32. The summed E-state index contributed by atoms with van der Waals surface area (Å²) in [7, 11) is 0. The second-order valence-corrected chi connectivity index (χ2v) is 7.85. The SMILES string of the molecule is CCCNc1nc(CSC(C)(C)C)nc2c1COCC2. The van der Waals surface area contributed by atoms with Crippen LogP contribution in [0.25, 0.3) is 0 Å². The largest absolute Gasteiger partial charge is 0.376 e. The molecule has 20 heavy (non-hydrogen) atoms. The van der Waals surface area contributed by atoms with Crippen molar-refractivity contribution >= 4 is 17.6 Å². The highest BCUT2D eigenvalue weighted by atomic mass is 32.2. The smallest absolute Gasteiger partial charge is 0.140 e. The normalized spacial score (nSPS) is 15.0. The highest BCUT2D eigenvalue weighted by molar-refractivity contribution is 7.99. The predicted molar refractivity (Wildman–Crippen MR) is 85.2 cm³/mol. The monoisotopic (exact) mass is 295 g/mol. The molecule has 112 valence electrons. The molecule has 0 atom stereocenters. The van der Waals surface area contributed by atoms with Crippen LogP contribution in [0.5, 0.6) is 0 Å². The van der Waals surface area contributed by atoms with Gasteiger partial charge in [-0.05, 0) is 6.42 Å². The predicted octanol–water partition coefficient (Wildman–Crippen LogP) is 3.40. The number of hydrogen-bond acceptors (Lipinski definition) is 5. The van der Waals surface area contributed by atoms with E-state index in [0.29, 0.717) is 6.61 Å². The van der Waals surface area contributed by atoms with Gasteiger partial charge in [-0.2, -0.15) is 0 Å². The number of thioether (sulfide) groups is 1. The van der Waals surface area contributed by atoms with E-state index in [4.69, 9.17) is 14.7 Å². The van der Waals surface area contributed by atoms with Crippen LogP contribution in [-0.4, -0.2) is 27.9 Å². The quantitative estimate of drug-likeness (QED) is 0.902. The fraction of sp³-hybridized carbons (Fsp3) is 0.733. The average Bonchev–Trinajstić information content (AvgIpc) is 2.41. The number of hydrogen-bond donors (Lipinski definition) is 1. The Morgan fingerprint density at radius 2 is 2.10 bits per heavy atom. The van der Waals surface area contributed by atoms with Gasteiger partial charge in [0.2, 0.25) is 0 Å². The van der Waals surface area contributed by atoms with Crippen molar-refractivity contribution in [2.75, 3.05) is 18.5 Å². The van der Waals surface area contributed by atoms with Crippen LogP contribution in [0.15, 0.2) is 0 Å². The van der Waals surface area contributed by atoms with Gasteiger partial charge in [0.05, 0.1) is 24.7 Å². The first-order chi connectivity index (χ1) is 9.49.